The molecule has 2 N–H and O–H groups in total. The van der Waals surface area contributed by atoms with E-state index in [0.29, 0.717) is 13.0 Å². The Labute approximate surface area is 102 Å². The van der Waals surface area contributed by atoms with Gasteiger partial charge in [0.2, 0.25) is 0 Å². The van der Waals surface area contributed by atoms with Crippen LogP contribution in [-0.2, 0) is 6.42 Å². The Morgan fingerprint density at radius 1 is 1.50 bits per heavy atom. The number of nitrogens with zero attached hydrogens (tertiary/aromatic N) is 1. The summed E-state index contributed by atoms with van der Waals surface area (Å²) in [6.45, 7) is 0.475. The molecule has 0 atom stereocenters. The van der Waals surface area contributed by atoms with Gasteiger partial charge >= 0.3 is 5.97 Å². The van der Waals surface area contributed by atoms with E-state index in [1.165, 1.54) is 12.1 Å². The highest BCUT2D eigenvalue weighted by atomic mass is 19.1. The van der Waals surface area contributed by atoms with Gasteiger partial charge in [-0.05, 0) is 24.1 Å². The van der Waals surface area contributed by atoms with Gasteiger partial charge < -0.3 is 14.8 Å². The first-order valence-electron chi connectivity index (χ1n) is 5.32. The summed E-state index contributed by atoms with van der Waals surface area (Å²) in [4.78, 5) is 14.3. The number of nitrogens with one attached hydrogen (secondary N) is 1. The van der Waals surface area contributed by atoms with Crippen LogP contribution in [0, 0.1) is 5.82 Å². The summed E-state index contributed by atoms with van der Waals surface area (Å²) in [6, 6.07) is 6.41. The molecule has 1 heterocycles. The minimum absolute atomic E-state index is 0.142. The molecular weight excluding hydrogens is 239 g/mol. The summed E-state index contributed by atoms with van der Waals surface area (Å²) in [5.74, 6) is -1.42. The standard InChI is InChI=1S/C12H11FN2O3/c13-9-3-1-2-8(6-9)4-5-14-12-15-10(7-18-12)11(16)17/h1-3,6-7H,4-5H2,(H,14,15)(H,16,17). The third-order valence-corrected chi connectivity index (χ3v) is 2.30. The molecule has 0 aliphatic heterocycles. The molecule has 1 aromatic heterocycles. The van der Waals surface area contributed by atoms with E-state index in [2.05, 4.69) is 10.3 Å². The summed E-state index contributed by atoms with van der Waals surface area (Å²) in [7, 11) is 0. The molecule has 94 valence electrons. The van der Waals surface area contributed by atoms with Gasteiger partial charge in [0.05, 0.1) is 0 Å². The average molecular weight is 250 g/mol. The monoisotopic (exact) mass is 250 g/mol. The van der Waals surface area contributed by atoms with Gasteiger partial charge in [-0.25, -0.2) is 9.18 Å². The van der Waals surface area contributed by atoms with Gasteiger partial charge in [-0.15, -0.1) is 0 Å². The van der Waals surface area contributed by atoms with Gasteiger partial charge in [0.1, 0.15) is 12.1 Å². The number of hydrogen-bond donors (Lipinski definition) is 2. The van der Waals surface area contributed by atoms with Crippen LogP contribution in [-0.4, -0.2) is 22.6 Å². The average Bonchev–Trinajstić information content (AvgIpc) is 2.78. The topological polar surface area (TPSA) is 75.4 Å². The van der Waals surface area contributed by atoms with Crippen LogP contribution in [0.3, 0.4) is 0 Å². The molecule has 0 spiro atoms. The number of aromatic carboxylic acids is 1. The van der Waals surface area contributed by atoms with Crippen LogP contribution in [0.15, 0.2) is 34.9 Å². The van der Waals surface area contributed by atoms with Gasteiger partial charge in [0.15, 0.2) is 5.69 Å². The lowest BCUT2D eigenvalue weighted by atomic mass is 10.1. The lowest BCUT2D eigenvalue weighted by Gasteiger charge is -2.02. The first-order chi connectivity index (χ1) is 8.65. The highest BCUT2D eigenvalue weighted by Gasteiger charge is 2.09. The van der Waals surface area contributed by atoms with Crippen molar-refractivity contribution in [3.05, 3.63) is 47.6 Å². The first-order valence-corrected chi connectivity index (χ1v) is 5.32. The molecule has 0 saturated carbocycles. The molecule has 0 unspecified atom stereocenters. The Hall–Kier alpha value is -2.37. The van der Waals surface area contributed by atoms with Crippen molar-refractivity contribution >= 4 is 12.0 Å². The minimum Gasteiger partial charge on any atom is -0.476 e. The van der Waals surface area contributed by atoms with Crippen molar-refractivity contribution in [2.24, 2.45) is 0 Å². The summed E-state index contributed by atoms with van der Waals surface area (Å²) in [6.07, 6.45) is 1.65. The summed E-state index contributed by atoms with van der Waals surface area (Å²) < 4.78 is 17.8. The maximum absolute atomic E-state index is 12.9. The molecule has 5 nitrogen and oxygen atoms in total. The molecule has 6 heteroatoms. The second-order valence-electron chi connectivity index (χ2n) is 3.65. The maximum atomic E-state index is 12.9. The molecule has 0 saturated heterocycles. The lowest BCUT2D eigenvalue weighted by molar-refractivity contribution is 0.0690. The minimum atomic E-state index is -1.14. The maximum Gasteiger partial charge on any atom is 0.357 e. The van der Waals surface area contributed by atoms with Gasteiger partial charge in [-0.3, -0.25) is 0 Å². The zero-order valence-electron chi connectivity index (χ0n) is 9.39. The van der Waals surface area contributed by atoms with Crippen molar-refractivity contribution in [2.75, 3.05) is 11.9 Å². The van der Waals surface area contributed by atoms with Crippen LogP contribution in [0.1, 0.15) is 16.1 Å². The van der Waals surface area contributed by atoms with E-state index in [9.17, 15) is 9.18 Å². The SMILES string of the molecule is O=C(O)c1coc(NCCc2cccc(F)c2)n1. The largest absolute Gasteiger partial charge is 0.476 e. The number of anilines is 1. The number of benzene rings is 1. The molecule has 0 bridgehead atoms. The lowest BCUT2D eigenvalue weighted by Crippen LogP contribution is -2.06. The fraction of sp³-hybridized carbons (Fsp3) is 0.167. The zero-order chi connectivity index (χ0) is 13.0. The number of carboxylic acids is 1. The van der Waals surface area contributed by atoms with E-state index in [4.69, 9.17) is 9.52 Å². The number of rotatable bonds is 5. The molecule has 0 aliphatic rings. The van der Waals surface area contributed by atoms with E-state index < -0.39 is 5.97 Å². The number of halogens is 1. The Balaban J connectivity index is 1.86. The summed E-state index contributed by atoms with van der Waals surface area (Å²) in [5.41, 5.74) is 0.691. The van der Waals surface area contributed by atoms with E-state index in [1.807, 2.05) is 6.07 Å². The van der Waals surface area contributed by atoms with Crippen LogP contribution in [0.5, 0.6) is 0 Å². The number of carboxylic acid groups (broad SMARTS) is 1. The predicted octanol–water partition coefficient (Wildman–Crippen LogP) is 2.17. The van der Waals surface area contributed by atoms with E-state index >= 15 is 0 Å². The molecule has 1 aromatic carbocycles. The summed E-state index contributed by atoms with van der Waals surface area (Å²) >= 11 is 0. The van der Waals surface area contributed by atoms with E-state index in [-0.39, 0.29) is 17.5 Å². The van der Waals surface area contributed by atoms with Gasteiger partial charge in [-0.1, -0.05) is 12.1 Å². The van der Waals surface area contributed by atoms with Crippen molar-refractivity contribution in [3.8, 4) is 0 Å². The fourth-order valence-corrected chi connectivity index (χ4v) is 1.46. The number of carbonyl (C=O) groups is 1. The third kappa shape index (κ3) is 3.07. The van der Waals surface area contributed by atoms with Crippen molar-refractivity contribution in [1.29, 1.82) is 0 Å². The molecule has 0 radical (unpaired) electrons. The number of oxazole rings is 1. The van der Waals surface area contributed by atoms with Crippen LogP contribution in [0.4, 0.5) is 10.4 Å². The van der Waals surface area contributed by atoms with Crippen LogP contribution in [0.25, 0.3) is 0 Å². The van der Waals surface area contributed by atoms with Crippen molar-refractivity contribution < 1.29 is 18.7 Å². The molecule has 2 aromatic rings. The molecule has 0 aliphatic carbocycles. The summed E-state index contributed by atoms with van der Waals surface area (Å²) in [5, 5.41) is 11.5. The van der Waals surface area contributed by atoms with Crippen LogP contribution < -0.4 is 5.32 Å². The Kier molecular flexibility index (Phi) is 3.57. The highest BCUT2D eigenvalue weighted by Crippen LogP contribution is 2.08. The highest BCUT2D eigenvalue weighted by molar-refractivity contribution is 5.85. The predicted molar refractivity (Wildman–Crippen MR) is 62.1 cm³/mol. The molecular formula is C12H11FN2O3. The normalized spacial score (nSPS) is 10.3. The van der Waals surface area contributed by atoms with Crippen molar-refractivity contribution in [2.45, 2.75) is 6.42 Å². The Morgan fingerprint density at radius 3 is 3.00 bits per heavy atom. The third-order valence-electron chi connectivity index (χ3n) is 2.30. The van der Waals surface area contributed by atoms with Crippen molar-refractivity contribution in [1.82, 2.24) is 4.98 Å². The molecule has 0 fully saturated rings. The smallest absolute Gasteiger partial charge is 0.357 e. The Bertz CT molecular complexity index is 554. The van der Waals surface area contributed by atoms with Gasteiger partial charge in [0.25, 0.3) is 6.01 Å². The number of aromatic nitrogens is 1. The quantitative estimate of drug-likeness (QED) is 0.850. The Morgan fingerprint density at radius 2 is 2.33 bits per heavy atom. The second kappa shape index (κ2) is 5.31. The molecule has 2 rings (SSSR count). The van der Waals surface area contributed by atoms with Crippen LogP contribution in [0.2, 0.25) is 0 Å². The van der Waals surface area contributed by atoms with E-state index in [0.717, 1.165) is 11.8 Å². The molecule has 0 amide bonds. The van der Waals surface area contributed by atoms with Gasteiger partial charge in [-0.2, -0.15) is 4.98 Å². The van der Waals surface area contributed by atoms with E-state index in [1.54, 1.807) is 6.07 Å². The van der Waals surface area contributed by atoms with Crippen molar-refractivity contribution in [3.63, 3.8) is 0 Å². The fourth-order valence-electron chi connectivity index (χ4n) is 1.46. The van der Waals surface area contributed by atoms with Gasteiger partial charge in [0, 0.05) is 6.54 Å². The second-order valence-corrected chi connectivity index (χ2v) is 3.65. The molecule has 18 heavy (non-hydrogen) atoms. The number of hydrogen-bond acceptors (Lipinski definition) is 4. The first kappa shape index (κ1) is 12.1. The zero-order valence-corrected chi connectivity index (χ0v) is 9.39. The van der Waals surface area contributed by atoms with Crippen LogP contribution >= 0.6 is 0 Å².